The maximum absolute atomic E-state index is 5.37. The minimum Gasteiger partial charge on any atom is -0.495 e. The number of rotatable bonds is 4. The van der Waals surface area contributed by atoms with E-state index in [0.717, 1.165) is 39.7 Å². The highest BCUT2D eigenvalue weighted by molar-refractivity contribution is 9.10. The molecular formula is C14H19BrN2OS. The molecule has 104 valence electrons. The predicted molar refractivity (Wildman–Crippen MR) is 87.5 cm³/mol. The van der Waals surface area contributed by atoms with Gasteiger partial charge in [-0.1, -0.05) is 41.5 Å². The Morgan fingerprint density at radius 1 is 1.42 bits per heavy atom. The van der Waals surface area contributed by atoms with Crippen LogP contribution in [-0.2, 0) is 0 Å². The molecule has 0 spiro atoms. The number of thioether (sulfide) groups is 1. The fourth-order valence-corrected chi connectivity index (χ4v) is 3.73. The number of amidine groups is 1. The predicted octanol–water partition coefficient (Wildman–Crippen LogP) is 4.53. The van der Waals surface area contributed by atoms with E-state index in [1.807, 2.05) is 18.2 Å². The molecule has 0 fully saturated rings. The highest BCUT2D eigenvalue weighted by atomic mass is 79.9. The molecule has 1 aliphatic rings. The van der Waals surface area contributed by atoms with Crippen LogP contribution in [-0.4, -0.2) is 23.6 Å². The second-order valence-corrected chi connectivity index (χ2v) is 6.49. The van der Waals surface area contributed by atoms with Crippen LogP contribution in [0.2, 0.25) is 0 Å². The summed E-state index contributed by atoms with van der Waals surface area (Å²) < 4.78 is 6.39. The van der Waals surface area contributed by atoms with E-state index in [-0.39, 0.29) is 5.54 Å². The summed E-state index contributed by atoms with van der Waals surface area (Å²) in [6.45, 7) is 4.41. The maximum atomic E-state index is 5.37. The highest BCUT2D eigenvalue weighted by Gasteiger charge is 2.32. The Balaban J connectivity index is 2.20. The molecule has 0 atom stereocenters. The monoisotopic (exact) mass is 342 g/mol. The first-order valence-electron chi connectivity index (χ1n) is 6.45. The molecule has 1 heterocycles. The summed E-state index contributed by atoms with van der Waals surface area (Å²) in [6.07, 6.45) is 2.16. The zero-order valence-electron chi connectivity index (χ0n) is 11.5. The third-order valence-corrected chi connectivity index (χ3v) is 5.18. The molecule has 0 saturated carbocycles. The average Bonchev–Trinajstić information content (AvgIpc) is 2.83. The number of ether oxygens (including phenoxy) is 1. The summed E-state index contributed by atoms with van der Waals surface area (Å²) in [6, 6.07) is 5.93. The summed E-state index contributed by atoms with van der Waals surface area (Å²) >= 11 is 5.27. The molecule has 2 rings (SSSR count). The van der Waals surface area contributed by atoms with Crippen molar-refractivity contribution in [3.8, 4) is 5.75 Å². The van der Waals surface area contributed by atoms with Gasteiger partial charge in [0.05, 0.1) is 18.3 Å². The van der Waals surface area contributed by atoms with Gasteiger partial charge < -0.3 is 10.1 Å². The normalized spacial score (nSPS) is 17.2. The first-order valence-corrected chi connectivity index (χ1v) is 8.23. The molecule has 0 aromatic heterocycles. The Hall–Kier alpha value is -0.680. The molecule has 5 heteroatoms. The van der Waals surface area contributed by atoms with E-state index in [0.29, 0.717) is 0 Å². The van der Waals surface area contributed by atoms with E-state index in [4.69, 9.17) is 9.73 Å². The molecule has 0 saturated heterocycles. The van der Waals surface area contributed by atoms with Crippen molar-refractivity contribution >= 4 is 38.5 Å². The molecule has 1 aromatic rings. The summed E-state index contributed by atoms with van der Waals surface area (Å²) in [7, 11) is 1.68. The zero-order chi connectivity index (χ0) is 13.9. The van der Waals surface area contributed by atoms with Gasteiger partial charge in [0.25, 0.3) is 0 Å². The zero-order valence-corrected chi connectivity index (χ0v) is 13.9. The van der Waals surface area contributed by atoms with Gasteiger partial charge in [0.1, 0.15) is 5.75 Å². The van der Waals surface area contributed by atoms with Crippen LogP contribution >= 0.6 is 27.7 Å². The summed E-state index contributed by atoms with van der Waals surface area (Å²) in [5.41, 5.74) is 1.05. The van der Waals surface area contributed by atoms with E-state index in [2.05, 4.69) is 35.1 Å². The smallest absolute Gasteiger partial charge is 0.161 e. The molecule has 0 unspecified atom stereocenters. The maximum Gasteiger partial charge on any atom is 0.161 e. The van der Waals surface area contributed by atoms with E-state index in [1.165, 1.54) is 0 Å². The molecule has 1 aromatic carbocycles. The molecule has 1 aliphatic heterocycles. The van der Waals surface area contributed by atoms with Crippen LogP contribution in [0.4, 0.5) is 5.69 Å². The fraction of sp³-hybridized carbons (Fsp3) is 0.500. The van der Waals surface area contributed by atoms with Crippen molar-refractivity contribution in [1.82, 2.24) is 0 Å². The lowest BCUT2D eigenvalue weighted by Crippen LogP contribution is -2.24. The number of methoxy groups -OCH3 is 1. The largest absolute Gasteiger partial charge is 0.495 e. The van der Waals surface area contributed by atoms with Crippen molar-refractivity contribution in [2.75, 3.05) is 18.2 Å². The van der Waals surface area contributed by atoms with Crippen molar-refractivity contribution < 1.29 is 4.74 Å². The first kappa shape index (κ1) is 14.7. The number of halogens is 1. The van der Waals surface area contributed by atoms with Gasteiger partial charge >= 0.3 is 0 Å². The van der Waals surface area contributed by atoms with Crippen LogP contribution in [0.5, 0.6) is 5.75 Å². The van der Waals surface area contributed by atoms with Crippen LogP contribution in [0.25, 0.3) is 0 Å². The topological polar surface area (TPSA) is 33.6 Å². The van der Waals surface area contributed by atoms with E-state index in [9.17, 15) is 0 Å². The molecular weight excluding hydrogens is 324 g/mol. The number of hydrogen-bond acceptors (Lipinski definition) is 4. The quantitative estimate of drug-likeness (QED) is 0.872. The second kappa shape index (κ2) is 6.18. The fourth-order valence-electron chi connectivity index (χ4n) is 2.05. The molecule has 19 heavy (non-hydrogen) atoms. The van der Waals surface area contributed by atoms with Gasteiger partial charge in [-0.05, 0) is 31.0 Å². The van der Waals surface area contributed by atoms with Crippen LogP contribution in [0.15, 0.2) is 27.7 Å². The lowest BCUT2D eigenvalue weighted by Gasteiger charge is -2.20. The molecule has 3 nitrogen and oxygen atoms in total. The van der Waals surface area contributed by atoms with Crippen LogP contribution in [0.1, 0.15) is 26.7 Å². The Labute approximate surface area is 127 Å². The van der Waals surface area contributed by atoms with Gasteiger partial charge in [-0.2, -0.15) is 0 Å². The standard InChI is InChI=1S/C14H19BrN2OS/c1-4-14(5-2)9-19-13(17-14)16-11-8-10(15)6-7-12(11)18-3/h6-8H,4-5,9H2,1-3H3,(H,16,17). The minimum atomic E-state index is 0.103. The Morgan fingerprint density at radius 2 is 2.16 bits per heavy atom. The average molecular weight is 343 g/mol. The van der Waals surface area contributed by atoms with Crippen molar-refractivity contribution in [1.29, 1.82) is 0 Å². The third-order valence-electron chi connectivity index (χ3n) is 3.54. The first-order chi connectivity index (χ1) is 9.12. The van der Waals surface area contributed by atoms with Gasteiger partial charge in [-0.25, -0.2) is 0 Å². The molecule has 0 radical (unpaired) electrons. The Bertz CT molecular complexity index is 486. The number of anilines is 1. The van der Waals surface area contributed by atoms with Crippen LogP contribution in [0, 0.1) is 0 Å². The van der Waals surface area contributed by atoms with E-state index >= 15 is 0 Å². The van der Waals surface area contributed by atoms with Gasteiger partial charge in [-0.15, -0.1) is 0 Å². The molecule has 1 N–H and O–H groups in total. The Morgan fingerprint density at radius 3 is 2.74 bits per heavy atom. The van der Waals surface area contributed by atoms with Gasteiger partial charge in [0.15, 0.2) is 5.17 Å². The van der Waals surface area contributed by atoms with Crippen molar-refractivity contribution in [3.63, 3.8) is 0 Å². The van der Waals surface area contributed by atoms with E-state index < -0.39 is 0 Å². The summed E-state index contributed by atoms with van der Waals surface area (Å²) in [5, 5.41) is 4.37. The lowest BCUT2D eigenvalue weighted by atomic mass is 9.97. The summed E-state index contributed by atoms with van der Waals surface area (Å²) in [5.74, 6) is 1.88. The number of benzene rings is 1. The highest BCUT2D eigenvalue weighted by Crippen LogP contribution is 2.35. The number of nitrogens with zero attached hydrogens (tertiary/aromatic N) is 1. The number of nitrogens with one attached hydrogen (secondary N) is 1. The Kier molecular flexibility index (Phi) is 4.79. The third kappa shape index (κ3) is 3.26. The minimum absolute atomic E-state index is 0.103. The molecule has 0 amide bonds. The SMILES string of the molecule is CCC1(CC)CSC(Nc2cc(Br)ccc2OC)=N1. The lowest BCUT2D eigenvalue weighted by molar-refractivity contribution is 0.417. The number of hydrogen-bond donors (Lipinski definition) is 1. The van der Waals surface area contributed by atoms with Crippen molar-refractivity contribution in [3.05, 3.63) is 22.7 Å². The molecule has 0 aliphatic carbocycles. The number of aliphatic imine (C=N–C) groups is 1. The van der Waals surface area contributed by atoms with E-state index in [1.54, 1.807) is 18.9 Å². The second-order valence-electron chi connectivity index (χ2n) is 4.61. The van der Waals surface area contributed by atoms with Crippen molar-refractivity contribution in [2.45, 2.75) is 32.2 Å². The van der Waals surface area contributed by atoms with Gasteiger partial charge in [0.2, 0.25) is 0 Å². The van der Waals surface area contributed by atoms with Crippen molar-refractivity contribution in [2.24, 2.45) is 4.99 Å². The van der Waals surface area contributed by atoms with Crippen LogP contribution < -0.4 is 10.1 Å². The summed E-state index contributed by atoms with van der Waals surface area (Å²) in [4.78, 5) is 4.85. The van der Waals surface area contributed by atoms with Gasteiger partial charge in [-0.3, -0.25) is 4.99 Å². The van der Waals surface area contributed by atoms with Gasteiger partial charge in [0, 0.05) is 10.2 Å². The molecule has 0 bridgehead atoms. The van der Waals surface area contributed by atoms with Crippen LogP contribution in [0.3, 0.4) is 0 Å².